The lowest BCUT2D eigenvalue weighted by Crippen LogP contribution is -2.22. The van der Waals surface area contributed by atoms with Crippen molar-refractivity contribution in [1.82, 2.24) is 5.32 Å². The zero-order chi connectivity index (χ0) is 32.1. The molecule has 13 heteroatoms. The molecule has 2 aromatic rings. The number of aliphatic hydroxyl groups is 3. The number of aliphatic hydroxyl groups excluding tert-OH is 3. The van der Waals surface area contributed by atoms with Crippen molar-refractivity contribution in [2.24, 2.45) is 11.8 Å². The summed E-state index contributed by atoms with van der Waals surface area (Å²) in [5, 5.41) is 43.3. The van der Waals surface area contributed by atoms with Crippen LogP contribution in [-0.2, 0) is 29.0 Å². The number of allylic oxidation sites excluding steroid dienone is 2. The minimum Gasteiger partial charge on any atom is -0.491 e. The molecule has 1 saturated carbocycles. The summed E-state index contributed by atoms with van der Waals surface area (Å²) in [6, 6.07) is 11.3. The number of halogens is 3. The van der Waals surface area contributed by atoms with E-state index in [1.165, 1.54) is 18.2 Å². The number of amides is 1. The molecule has 0 unspecified atom stereocenters. The fourth-order valence-corrected chi connectivity index (χ4v) is 4.88. The molecule has 0 aliphatic heterocycles. The van der Waals surface area contributed by atoms with Crippen LogP contribution in [0.2, 0.25) is 0 Å². The zero-order valence-electron chi connectivity index (χ0n) is 23.9. The lowest BCUT2D eigenvalue weighted by Gasteiger charge is -2.19. The zero-order valence-corrected chi connectivity index (χ0v) is 23.9. The molecule has 3 rings (SSSR count). The summed E-state index contributed by atoms with van der Waals surface area (Å²) in [4.78, 5) is 26.7. The number of benzene rings is 2. The molecular weight excluding hydrogens is 585 g/mol. The Labute approximate surface area is 252 Å². The molecular formula is C31H37F3N2O8. The molecule has 0 saturated heterocycles. The Kier molecular flexibility index (Phi) is 13.2. The first kappa shape index (κ1) is 34.5. The van der Waals surface area contributed by atoms with Crippen molar-refractivity contribution >= 4 is 5.91 Å². The highest BCUT2D eigenvalue weighted by Crippen LogP contribution is 2.36. The number of rotatable bonds is 16. The molecule has 44 heavy (non-hydrogen) atoms. The fourth-order valence-electron chi connectivity index (χ4n) is 4.88. The van der Waals surface area contributed by atoms with Gasteiger partial charge in [0.25, 0.3) is 5.09 Å². The Balaban J connectivity index is 1.36. The second-order valence-electron chi connectivity index (χ2n) is 10.6. The summed E-state index contributed by atoms with van der Waals surface area (Å²) in [6.07, 6.45) is 1.83. The van der Waals surface area contributed by atoms with Crippen LogP contribution >= 0.6 is 0 Å². The number of nitrogens with one attached hydrogen (secondary N) is 1. The van der Waals surface area contributed by atoms with Crippen LogP contribution < -0.4 is 10.1 Å². The molecule has 2 aromatic carbocycles. The standard InChI is InChI=1S/C31H37F3N2O8/c32-31(33,34)23-6-5-7-25(16-23)43-20-24(37)14-15-27-26(28(38)17-29(27)39)8-3-1-2-4-9-30(40)35-18-21-10-12-22(13-11-21)19-44-36(41)42/h1,3,5-7,10-16,24,26-29,37-39H,2,4,8-9,17-20H2,(H,35,40)/b3-1-,15-14+/t24-,26-,27-,28+,29-/m1/s1. The van der Waals surface area contributed by atoms with E-state index < -0.39 is 41.1 Å². The van der Waals surface area contributed by atoms with Crippen LogP contribution in [0.3, 0.4) is 0 Å². The first-order chi connectivity index (χ1) is 20.9. The van der Waals surface area contributed by atoms with Gasteiger partial charge in [0.2, 0.25) is 5.91 Å². The van der Waals surface area contributed by atoms with Gasteiger partial charge in [0.05, 0.1) is 17.8 Å². The average Bonchev–Trinajstić information content (AvgIpc) is 3.25. The largest absolute Gasteiger partial charge is 0.491 e. The number of ether oxygens (including phenoxy) is 1. The van der Waals surface area contributed by atoms with E-state index in [0.717, 1.165) is 17.7 Å². The summed E-state index contributed by atoms with van der Waals surface area (Å²) in [5.41, 5.74) is 0.636. The van der Waals surface area contributed by atoms with Crippen LogP contribution in [-0.4, -0.2) is 51.2 Å². The summed E-state index contributed by atoms with van der Waals surface area (Å²) in [7, 11) is 0. The van der Waals surface area contributed by atoms with Gasteiger partial charge < -0.3 is 30.2 Å². The third-order valence-electron chi connectivity index (χ3n) is 7.25. The van der Waals surface area contributed by atoms with Crippen LogP contribution in [0.15, 0.2) is 72.8 Å². The van der Waals surface area contributed by atoms with Crippen LogP contribution in [0.1, 0.15) is 48.8 Å². The molecule has 0 radical (unpaired) electrons. The van der Waals surface area contributed by atoms with Gasteiger partial charge in [-0.2, -0.15) is 13.2 Å². The first-order valence-electron chi connectivity index (χ1n) is 14.2. The topological polar surface area (TPSA) is 151 Å². The average molecular weight is 623 g/mol. The highest BCUT2D eigenvalue weighted by molar-refractivity contribution is 5.75. The summed E-state index contributed by atoms with van der Waals surface area (Å²) in [6.45, 7) is -0.0958. The summed E-state index contributed by atoms with van der Waals surface area (Å²) in [5.74, 6) is -0.874. The first-order valence-corrected chi connectivity index (χ1v) is 14.2. The van der Waals surface area contributed by atoms with Crippen molar-refractivity contribution in [3.05, 3.63) is 99.6 Å². The van der Waals surface area contributed by atoms with Gasteiger partial charge >= 0.3 is 6.18 Å². The Hall–Kier alpha value is -3.94. The minimum atomic E-state index is -4.51. The fraction of sp³-hybridized carbons (Fsp3) is 0.452. The van der Waals surface area contributed by atoms with Gasteiger partial charge in [-0.1, -0.05) is 54.6 Å². The van der Waals surface area contributed by atoms with Crippen LogP contribution in [0.4, 0.5) is 13.2 Å². The highest BCUT2D eigenvalue weighted by atomic mass is 19.4. The molecule has 1 aliphatic rings. The molecule has 4 N–H and O–H groups in total. The number of unbranched alkanes of at least 4 members (excludes halogenated alkanes) is 1. The van der Waals surface area contributed by atoms with Gasteiger partial charge in [-0.05, 0) is 54.5 Å². The molecule has 0 aromatic heterocycles. The summed E-state index contributed by atoms with van der Waals surface area (Å²) >= 11 is 0. The Morgan fingerprint density at radius 1 is 1.11 bits per heavy atom. The van der Waals surface area contributed by atoms with Crippen LogP contribution in [0, 0.1) is 22.0 Å². The number of nitrogens with zero attached hydrogens (tertiary/aromatic N) is 1. The second kappa shape index (κ2) is 16.8. The van der Waals surface area contributed by atoms with Crippen molar-refractivity contribution in [1.29, 1.82) is 0 Å². The smallest absolute Gasteiger partial charge is 0.416 e. The van der Waals surface area contributed by atoms with E-state index in [1.54, 1.807) is 30.3 Å². The van der Waals surface area contributed by atoms with E-state index in [2.05, 4.69) is 10.2 Å². The predicted molar refractivity (Wildman–Crippen MR) is 153 cm³/mol. The number of carbonyl (C=O) groups excluding carboxylic acids is 1. The van der Waals surface area contributed by atoms with Crippen LogP contribution in [0.5, 0.6) is 5.75 Å². The van der Waals surface area contributed by atoms with Gasteiger partial charge in [-0.25, -0.2) is 0 Å². The van der Waals surface area contributed by atoms with Crippen molar-refractivity contribution in [3.8, 4) is 5.75 Å². The highest BCUT2D eigenvalue weighted by Gasteiger charge is 2.39. The molecule has 10 nitrogen and oxygen atoms in total. The maximum absolute atomic E-state index is 12.9. The molecule has 1 fully saturated rings. The Morgan fingerprint density at radius 3 is 2.55 bits per heavy atom. The van der Waals surface area contributed by atoms with Crippen LogP contribution in [0.25, 0.3) is 0 Å². The molecule has 0 heterocycles. The van der Waals surface area contributed by atoms with E-state index in [9.17, 15) is 43.4 Å². The third kappa shape index (κ3) is 11.6. The number of alkyl halides is 3. The molecule has 240 valence electrons. The number of hydrogen-bond acceptors (Lipinski definition) is 8. The Morgan fingerprint density at radius 2 is 1.84 bits per heavy atom. The molecule has 0 spiro atoms. The lowest BCUT2D eigenvalue weighted by molar-refractivity contribution is -0.763. The maximum Gasteiger partial charge on any atom is 0.416 e. The molecule has 0 bridgehead atoms. The SMILES string of the molecule is O=C(CCC/C=C\C[C@@H]1[C@@H](/C=C/[C@@H](O)COc2cccc(C(F)(F)F)c2)[C@H](O)C[C@@H]1O)NCc1ccc(CO[N+](=O)[O-])cc1. The van der Waals surface area contributed by atoms with E-state index in [4.69, 9.17) is 4.74 Å². The quantitative estimate of drug-likeness (QED) is 0.0925. The van der Waals surface area contributed by atoms with Crippen molar-refractivity contribution in [3.63, 3.8) is 0 Å². The van der Waals surface area contributed by atoms with Crippen molar-refractivity contribution in [2.75, 3.05) is 6.61 Å². The number of carbonyl (C=O) groups is 1. The number of hydrogen-bond donors (Lipinski definition) is 4. The lowest BCUT2D eigenvalue weighted by atomic mass is 9.89. The van der Waals surface area contributed by atoms with E-state index in [0.29, 0.717) is 37.8 Å². The Bertz CT molecular complexity index is 1270. The monoisotopic (exact) mass is 622 g/mol. The normalized spacial score (nSPS) is 21.0. The minimum absolute atomic E-state index is 0.0290. The van der Waals surface area contributed by atoms with Crippen molar-refractivity contribution < 1.29 is 47.9 Å². The predicted octanol–water partition coefficient (Wildman–Crippen LogP) is 4.50. The van der Waals surface area contributed by atoms with Gasteiger partial charge in [-0.3, -0.25) is 4.79 Å². The molecule has 1 aliphatic carbocycles. The second-order valence-corrected chi connectivity index (χ2v) is 10.6. The van der Waals surface area contributed by atoms with Gasteiger partial charge in [0, 0.05) is 25.3 Å². The maximum atomic E-state index is 12.9. The van der Waals surface area contributed by atoms with Gasteiger partial charge in [0.1, 0.15) is 25.1 Å². The van der Waals surface area contributed by atoms with E-state index >= 15 is 0 Å². The van der Waals surface area contributed by atoms with E-state index in [1.807, 2.05) is 12.2 Å². The van der Waals surface area contributed by atoms with E-state index in [-0.39, 0.29) is 37.2 Å². The van der Waals surface area contributed by atoms with Gasteiger partial charge in [0.15, 0.2) is 0 Å². The summed E-state index contributed by atoms with van der Waals surface area (Å²) < 4.78 is 43.9. The van der Waals surface area contributed by atoms with Crippen molar-refractivity contribution in [2.45, 2.75) is 69.7 Å². The van der Waals surface area contributed by atoms with Gasteiger partial charge in [-0.15, -0.1) is 10.1 Å². The third-order valence-corrected chi connectivity index (χ3v) is 7.25. The molecule has 5 atom stereocenters. The molecule has 1 amide bonds.